The van der Waals surface area contributed by atoms with Crippen LogP contribution in [0.5, 0.6) is 0 Å². The largest absolute Gasteiger partial charge is 0.355 e. The van der Waals surface area contributed by atoms with Gasteiger partial charge in [0, 0.05) is 23.0 Å². The molecule has 0 aromatic heterocycles. The van der Waals surface area contributed by atoms with Crippen molar-refractivity contribution in [2.45, 2.75) is 25.7 Å². The topological polar surface area (TPSA) is 41.1 Å². The van der Waals surface area contributed by atoms with Gasteiger partial charge in [-0.3, -0.25) is 4.79 Å². The molecule has 0 bridgehead atoms. The standard InChI is InChI=1S/C15H21BrN2O/c1-17-10-15(7-2-8-15)11-18-14(19)9-12-3-5-13(16)6-4-12/h3-6,17H,2,7-11H2,1H3,(H,18,19). The first-order valence-electron chi connectivity index (χ1n) is 6.79. The maximum atomic E-state index is 11.9. The van der Waals surface area contributed by atoms with Crippen molar-refractivity contribution >= 4 is 21.8 Å². The van der Waals surface area contributed by atoms with Crippen LogP contribution in [0.25, 0.3) is 0 Å². The van der Waals surface area contributed by atoms with Gasteiger partial charge < -0.3 is 10.6 Å². The first-order valence-corrected chi connectivity index (χ1v) is 7.59. The molecular formula is C15H21BrN2O. The Hall–Kier alpha value is -0.870. The first-order chi connectivity index (χ1) is 9.13. The third-order valence-electron chi connectivity index (χ3n) is 3.90. The highest BCUT2D eigenvalue weighted by molar-refractivity contribution is 9.10. The number of hydrogen-bond donors (Lipinski definition) is 2. The van der Waals surface area contributed by atoms with Crippen LogP contribution in [-0.4, -0.2) is 26.0 Å². The lowest BCUT2D eigenvalue weighted by Crippen LogP contribution is -2.47. The van der Waals surface area contributed by atoms with Crippen LogP contribution >= 0.6 is 15.9 Å². The van der Waals surface area contributed by atoms with Gasteiger partial charge in [-0.25, -0.2) is 0 Å². The molecule has 0 atom stereocenters. The quantitative estimate of drug-likeness (QED) is 0.844. The Kier molecular flexibility index (Phi) is 4.99. The van der Waals surface area contributed by atoms with Crippen LogP contribution in [0.3, 0.4) is 0 Å². The van der Waals surface area contributed by atoms with E-state index in [1.54, 1.807) is 0 Å². The van der Waals surface area contributed by atoms with Gasteiger partial charge in [0.15, 0.2) is 0 Å². The third kappa shape index (κ3) is 4.05. The summed E-state index contributed by atoms with van der Waals surface area (Å²) in [4.78, 5) is 11.9. The van der Waals surface area contributed by atoms with E-state index >= 15 is 0 Å². The average molecular weight is 325 g/mol. The summed E-state index contributed by atoms with van der Waals surface area (Å²) in [5, 5.41) is 6.32. The van der Waals surface area contributed by atoms with Crippen molar-refractivity contribution in [3.8, 4) is 0 Å². The Morgan fingerprint density at radius 3 is 2.47 bits per heavy atom. The summed E-state index contributed by atoms with van der Waals surface area (Å²) in [6.07, 6.45) is 4.17. The van der Waals surface area contributed by atoms with Crippen LogP contribution in [0.2, 0.25) is 0 Å². The molecule has 3 nitrogen and oxygen atoms in total. The van der Waals surface area contributed by atoms with Crippen LogP contribution in [0.1, 0.15) is 24.8 Å². The molecule has 0 radical (unpaired) electrons. The molecule has 1 aromatic carbocycles. The zero-order valence-corrected chi connectivity index (χ0v) is 12.9. The average Bonchev–Trinajstić information content (AvgIpc) is 2.35. The van der Waals surface area contributed by atoms with Crippen molar-refractivity contribution in [3.05, 3.63) is 34.3 Å². The molecule has 1 saturated carbocycles. The molecule has 2 rings (SSSR count). The number of rotatable bonds is 6. The molecule has 0 spiro atoms. The van der Waals surface area contributed by atoms with Crippen molar-refractivity contribution in [2.75, 3.05) is 20.1 Å². The third-order valence-corrected chi connectivity index (χ3v) is 4.43. The molecule has 1 aromatic rings. The van der Waals surface area contributed by atoms with Crippen molar-refractivity contribution < 1.29 is 4.79 Å². The maximum absolute atomic E-state index is 11.9. The van der Waals surface area contributed by atoms with Crippen LogP contribution in [0.4, 0.5) is 0 Å². The number of halogens is 1. The summed E-state index contributed by atoms with van der Waals surface area (Å²) in [5.74, 6) is 0.115. The lowest BCUT2D eigenvalue weighted by molar-refractivity contribution is -0.121. The molecule has 1 amide bonds. The Balaban J connectivity index is 1.79. The number of amides is 1. The summed E-state index contributed by atoms with van der Waals surface area (Å²) in [7, 11) is 1.98. The molecule has 4 heteroatoms. The van der Waals surface area contributed by atoms with E-state index in [1.807, 2.05) is 31.3 Å². The summed E-state index contributed by atoms with van der Waals surface area (Å²) < 4.78 is 1.04. The van der Waals surface area contributed by atoms with Gasteiger partial charge in [-0.05, 0) is 37.6 Å². The maximum Gasteiger partial charge on any atom is 0.224 e. The fourth-order valence-electron chi connectivity index (χ4n) is 2.60. The Morgan fingerprint density at radius 2 is 1.95 bits per heavy atom. The smallest absolute Gasteiger partial charge is 0.224 e. The van der Waals surface area contributed by atoms with Crippen LogP contribution in [-0.2, 0) is 11.2 Å². The molecule has 19 heavy (non-hydrogen) atoms. The lowest BCUT2D eigenvalue weighted by atomic mass is 9.68. The molecule has 104 valence electrons. The van der Waals surface area contributed by atoms with E-state index < -0.39 is 0 Å². The second kappa shape index (κ2) is 6.53. The molecule has 1 aliphatic carbocycles. The Bertz CT molecular complexity index is 426. The second-order valence-electron chi connectivity index (χ2n) is 5.46. The highest BCUT2D eigenvalue weighted by atomic mass is 79.9. The minimum Gasteiger partial charge on any atom is -0.355 e. The van der Waals surface area contributed by atoms with E-state index in [4.69, 9.17) is 0 Å². The van der Waals surface area contributed by atoms with Crippen molar-refractivity contribution in [1.29, 1.82) is 0 Å². The zero-order valence-electron chi connectivity index (χ0n) is 11.3. The number of hydrogen-bond acceptors (Lipinski definition) is 2. The van der Waals surface area contributed by atoms with E-state index in [0.717, 1.165) is 23.1 Å². The summed E-state index contributed by atoms with van der Waals surface area (Å²) in [6.45, 7) is 1.79. The van der Waals surface area contributed by atoms with Gasteiger partial charge in [-0.1, -0.05) is 34.5 Å². The van der Waals surface area contributed by atoms with E-state index in [-0.39, 0.29) is 5.91 Å². The zero-order chi connectivity index (χ0) is 13.7. The summed E-state index contributed by atoms with van der Waals surface area (Å²) in [5.41, 5.74) is 1.35. The van der Waals surface area contributed by atoms with Crippen LogP contribution < -0.4 is 10.6 Å². The first kappa shape index (κ1) is 14.5. The number of carbonyl (C=O) groups excluding carboxylic acids is 1. The normalized spacial score (nSPS) is 16.7. The predicted octanol–water partition coefficient (Wildman–Crippen LogP) is 2.50. The van der Waals surface area contributed by atoms with Crippen LogP contribution in [0.15, 0.2) is 28.7 Å². The monoisotopic (exact) mass is 324 g/mol. The fourth-order valence-corrected chi connectivity index (χ4v) is 2.87. The molecule has 0 heterocycles. The van der Waals surface area contributed by atoms with Gasteiger partial charge in [0.25, 0.3) is 0 Å². The Labute approximate surface area is 123 Å². The summed E-state index contributed by atoms with van der Waals surface area (Å²) in [6, 6.07) is 7.90. The number of carbonyl (C=O) groups is 1. The molecule has 0 saturated heterocycles. The number of nitrogens with one attached hydrogen (secondary N) is 2. The van der Waals surface area contributed by atoms with Gasteiger partial charge in [-0.2, -0.15) is 0 Å². The minimum absolute atomic E-state index is 0.115. The van der Waals surface area contributed by atoms with Crippen molar-refractivity contribution in [1.82, 2.24) is 10.6 Å². The van der Waals surface area contributed by atoms with Crippen LogP contribution in [0, 0.1) is 5.41 Å². The molecule has 1 fully saturated rings. The van der Waals surface area contributed by atoms with Crippen molar-refractivity contribution in [2.24, 2.45) is 5.41 Å². The minimum atomic E-state index is 0.115. The van der Waals surface area contributed by atoms with Gasteiger partial charge in [-0.15, -0.1) is 0 Å². The molecule has 0 aliphatic heterocycles. The molecular weight excluding hydrogens is 304 g/mol. The molecule has 1 aliphatic rings. The summed E-state index contributed by atoms with van der Waals surface area (Å²) >= 11 is 3.40. The molecule has 0 unspecified atom stereocenters. The van der Waals surface area contributed by atoms with Gasteiger partial charge in [0.05, 0.1) is 6.42 Å². The SMILES string of the molecule is CNCC1(CNC(=O)Cc2ccc(Br)cc2)CCC1. The number of benzene rings is 1. The predicted molar refractivity (Wildman–Crippen MR) is 81.1 cm³/mol. The fraction of sp³-hybridized carbons (Fsp3) is 0.533. The van der Waals surface area contributed by atoms with E-state index in [2.05, 4.69) is 26.6 Å². The van der Waals surface area contributed by atoms with Crippen molar-refractivity contribution in [3.63, 3.8) is 0 Å². The van der Waals surface area contributed by atoms with E-state index in [0.29, 0.717) is 11.8 Å². The molecule has 2 N–H and O–H groups in total. The Morgan fingerprint density at radius 1 is 1.26 bits per heavy atom. The highest BCUT2D eigenvalue weighted by Crippen LogP contribution is 2.39. The van der Waals surface area contributed by atoms with E-state index in [1.165, 1.54) is 19.3 Å². The lowest BCUT2D eigenvalue weighted by Gasteiger charge is -2.42. The second-order valence-corrected chi connectivity index (χ2v) is 6.38. The highest BCUT2D eigenvalue weighted by Gasteiger charge is 2.36. The van der Waals surface area contributed by atoms with Gasteiger partial charge in [0.2, 0.25) is 5.91 Å². The van der Waals surface area contributed by atoms with Gasteiger partial charge in [0.1, 0.15) is 0 Å². The van der Waals surface area contributed by atoms with E-state index in [9.17, 15) is 4.79 Å². The van der Waals surface area contributed by atoms with Gasteiger partial charge >= 0.3 is 0 Å².